The van der Waals surface area contributed by atoms with E-state index in [1.54, 1.807) is 11.3 Å². The number of aromatic nitrogens is 1. The lowest BCUT2D eigenvalue weighted by molar-refractivity contribution is 0.501. The molecular formula is C17H27IN4OS. The Morgan fingerprint density at radius 1 is 1.33 bits per heavy atom. The average molecular weight is 462 g/mol. The summed E-state index contributed by atoms with van der Waals surface area (Å²) in [5.41, 5.74) is 2.27. The second-order valence-corrected chi connectivity index (χ2v) is 6.75. The number of aryl methyl sites for hydroxylation is 2. The fourth-order valence-corrected chi connectivity index (χ4v) is 3.07. The van der Waals surface area contributed by atoms with Gasteiger partial charge in [0.15, 0.2) is 5.96 Å². The largest absolute Gasteiger partial charge is 0.466 e. The van der Waals surface area contributed by atoms with Crippen molar-refractivity contribution in [3.8, 4) is 0 Å². The molecule has 24 heavy (non-hydrogen) atoms. The van der Waals surface area contributed by atoms with Gasteiger partial charge in [-0.05, 0) is 32.8 Å². The van der Waals surface area contributed by atoms with Crippen molar-refractivity contribution in [2.24, 2.45) is 4.99 Å². The molecule has 2 heterocycles. The van der Waals surface area contributed by atoms with Crippen LogP contribution in [-0.4, -0.2) is 17.5 Å². The lowest BCUT2D eigenvalue weighted by Gasteiger charge is -2.10. The van der Waals surface area contributed by atoms with Crippen LogP contribution in [0.4, 0.5) is 0 Å². The van der Waals surface area contributed by atoms with Crippen molar-refractivity contribution in [1.82, 2.24) is 15.6 Å². The third kappa shape index (κ3) is 6.08. The molecule has 0 aliphatic rings. The maximum absolute atomic E-state index is 5.54. The van der Waals surface area contributed by atoms with Gasteiger partial charge in [-0.2, -0.15) is 0 Å². The van der Waals surface area contributed by atoms with E-state index >= 15 is 0 Å². The molecule has 134 valence electrons. The standard InChI is InChI=1S/C17H26N4OS.HI/c1-6-18-17(19-8-14-7-12(4)22-13(14)5)20-9-16-21-15(10-23-16)11(2)3;/h7,10-11H,6,8-9H2,1-5H3,(H2,18,19,20);1H. The highest BCUT2D eigenvalue weighted by Gasteiger charge is 2.07. The van der Waals surface area contributed by atoms with Gasteiger partial charge in [0.1, 0.15) is 16.5 Å². The molecule has 0 spiro atoms. The maximum Gasteiger partial charge on any atom is 0.191 e. The molecule has 2 rings (SSSR count). The highest BCUT2D eigenvalue weighted by atomic mass is 127. The van der Waals surface area contributed by atoms with E-state index in [2.05, 4.69) is 46.8 Å². The molecule has 0 bridgehead atoms. The Bertz CT molecular complexity index is 663. The van der Waals surface area contributed by atoms with Crippen molar-refractivity contribution < 1.29 is 4.42 Å². The number of nitrogens with one attached hydrogen (secondary N) is 2. The number of halogens is 1. The predicted octanol–water partition coefficient (Wildman–Crippen LogP) is 4.35. The molecule has 0 amide bonds. The van der Waals surface area contributed by atoms with E-state index in [1.807, 2.05) is 19.9 Å². The van der Waals surface area contributed by atoms with Crippen LogP contribution in [0.1, 0.15) is 54.5 Å². The number of thiazole rings is 1. The highest BCUT2D eigenvalue weighted by Crippen LogP contribution is 2.17. The van der Waals surface area contributed by atoms with E-state index in [-0.39, 0.29) is 24.0 Å². The van der Waals surface area contributed by atoms with Crippen molar-refractivity contribution in [3.63, 3.8) is 0 Å². The first-order chi connectivity index (χ1) is 11.0. The molecular weight excluding hydrogens is 435 g/mol. The second-order valence-electron chi connectivity index (χ2n) is 5.81. The number of guanidine groups is 1. The van der Waals surface area contributed by atoms with Gasteiger partial charge in [0.2, 0.25) is 0 Å². The van der Waals surface area contributed by atoms with E-state index in [9.17, 15) is 0 Å². The predicted molar refractivity (Wildman–Crippen MR) is 111 cm³/mol. The number of nitrogens with zero attached hydrogens (tertiary/aromatic N) is 2. The molecule has 7 heteroatoms. The summed E-state index contributed by atoms with van der Waals surface area (Å²) in [5.74, 6) is 3.12. The summed E-state index contributed by atoms with van der Waals surface area (Å²) in [6, 6.07) is 2.04. The van der Waals surface area contributed by atoms with Gasteiger partial charge in [0, 0.05) is 17.5 Å². The molecule has 0 atom stereocenters. The quantitative estimate of drug-likeness (QED) is 0.381. The average Bonchev–Trinajstić information content (AvgIpc) is 3.08. The fourth-order valence-electron chi connectivity index (χ4n) is 2.18. The topological polar surface area (TPSA) is 62.5 Å². The zero-order valence-corrected chi connectivity index (χ0v) is 18.1. The SMILES string of the molecule is CCNC(=NCc1cc(C)oc1C)NCc1nc(C(C)C)cs1.I. The monoisotopic (exact) mass is 462 g/mol. The van der Waals surface area contributed by atoms with Crippen molar-refractivity contribution >= 4 is 41.3 Å². The minimum atomic E-state index is 0. The molecule has 2 aromatic rings. The van der Waals surface area contributed by atoms with Crippen LogP contribution in [0.2, 0.25) is 0 Å². The van der Waals surface area contributed by atoms with Crippen LogP contribution >= 0.6 is 35.3 Å². The molecule has 5 nitrogen and oxygen atoms in total. The molecule has 0 aliphatic carbocycles. The van der Waals surface area contributed by atoms with Crippen molar-refractivity contribution in [2.75, 3.05) is 6.54 Å². The van der Waals surface area contributed by atoms with Gasteiger partial charge in [0.25, 0.3) is 0 Å². The highest BCUT2D eigenvalue weighted by molar-refractivity contribution is 14.0. The molecule has 2 N–H and O–H groups in total. The summed E-state index contributed by atoms with van der Waals surface area (Å²) in [6.07, 6.45) is 0. The van der Waals surface area contributed by atoms with E-state index in [0.717, 1.165) is 40.3 Å². The molecule has 0 aliphatic heterocycles. The van der Waals surface area contributed by atoms with Gasteiger partial charge >= 0.3 is 0 Å². The summed E-state index contributed by atoms with van der Waals surface area (Å²) in [7, 11) is 0. The molecule has 0 saturated heterocycles. The molecule has 2 aromatic heterocycles. The Morgan fingerprint density at radius 3 is 2.62 bits per heavy atom. The van der Waals surface area contributed by atoms with Crippen LogP contribution in [0.5, 0.6) is 0 Å². The first kappa shape index (κ1) is 21.0. The zero-order chi connectivity index (χ0) is 16.8. The summed E-state index contributed by atoms with van der Waals surface area (Å²) in [5, 5.41) is 9.81. The van der Waals surface area contributed by atoms with E-state index in [0.29, 0.717) is 19.0 Å². The fraction of sp³-hybridized carbons (Fsp3) is 0.529. The van der Waals surface area contributed by atoms with Crippen LogP contribution in [0, 0.1) is 13.8 Å². The first-order valence-electron chi connectivity index (χ1n) is 8.02. The van der Waals surface area contributed by atoms with Crippen LogP contribution in [0.25, 0.3) is 0 Å². The Kier molecular flexibility index (Phi) is 8.75. The molecule has 0 radical (unpaired) electrons. The zero-order valence-electron chi connectivity index (χ0n) is 15.0. The van der Waals surface area contributed by atoms with Crippen LogP contribution in [-0.2, 0) is 13.1 Å². The van der Waals surface area contributed by atoms with E-state index in [4.69, 9.17) is 4.42 Å². The summed E-state index contributed by atoms with van der Waals surface area (Å²) < 4.78 is 5.54. The number of rotatable bonds is 6. The Hall–Kier alpha value is -1.09. The Morgan fingerprint density at radius 2 is 2.08 bits per heavy atom. The molecule has 0 aromatic carbocycles. The molecule has 0 saturated carbocycles. The van der Waals surface area contributed by atoms with Gasteiger partial charge in [-0.3, -0.25) is 0 Å². The third-order valence-corrected chi connectivity index (χ3v) is 4.33. The smallest absolute Gasteiger partial charge is 0.191 e. The lowest BCUT2D eigenvalue weighted by atomic mass is 10.2. The van der Waals surface area contributed by atoms with Crippen molar-refractivity contribution in [2.45, 2.75) is 53.6 Å². The van der Waals surface area contributed by atoms with Crippen molar-refractivity contribution in [3.05, 3.63) is 39.2 Å². The number of aliphatic imine (C=N–C) groups is 1. The minimum Gasteiger partial charge on any atom is -0.466 e. The van der Waals surface area contributed by atoms with Crippen LogP contribution in [0.3, 0.4) is 0 Å². The summed E-state index contributed by atoms with van der Waals surface area (Å²) >= 11 is 1.69. The van der Waals surface area contributed by atoms with Gasteiger partial charge in [-0.15, -0.1) is 35.3 Å². The van der Waals surface area contributed by atoms with Gasteiger partial charge in [-0.25, -0.2) is 9.98 Å². The van der Waals surface area contributed by atoms with Gasteiger partial charge < -0.3 is 15.1 Å². The van der Waals surface area contributed by atoms with Gasteiger partial charge in [-0.1, -0.05) is 13.8 Å². The van der Waals surface area contributed by atoms with Gasteiger partial charge in [0.05, 0.1) is 18.8 Å². The third-order valence-electron chi connectivity index (χ3n) is 3.46. The molecule has 0 fully saturated rings. The van der Waals surface area contributed by atoms with E-state index < -0.39 is 0 Å². The minimum absolute atomic E-state index is 0. The van der Waals surface area contributed by atoms with Crippen molar-refractivity contribution in [1.29, 1.82) is 0 Å². The second kappa shape index (κ2) is 10.0. The lowest BCUT2D eigenvalue weighted by Crippen LogP contribution is -2.36. The summed E-state index contributed by atoms with van der Waals surface area (Å²) in [4.78, 5) is 9.26. The van der Waals surface area contributed by atoms with Crippen LogP contribution in [0.15, 0.2) is 20.9 Å². The number of hydrogen-bond acceptors (Lipinski definition) is 4. The normalized spacial score (nSPS) is 11.5. The number of hydrogen-bond donors (Lipinski definition) is 2. The first-order valence-corrected chi connectivity index (χ1v) is 8.90. The maximum atomic E-state index is 5.54. The number of furan rings is 1. The van der Waals surface area contributed by atoms with E-state index in [1.165, 1.54) is 0 Å². The summed E-state index contributed by atoms with van der Waals surface area (Å²) in [6.45, 7) is 12.4. The molecule has 0 unspecified atom stereocenters. The van der Waals surface area contributed by atoms with Crippen LogP contribution < -0.4 is 10.6 Å². The Labute approximate surface area is 165 Å². The Balaban J connectivity index is 0.00000288.